The maximum absolute atomic E-state index is 13.4. The summed E-state index contributed by atoms with van der Waals surface area (Å²) in [6.07, 6.45) is 4.65. The topological polar surface area (TPSA) is 46.6 Å². The minimum absolute atomic E-state index is 0.0923. The molecule has 0 unspecified atom stereocenters. The van der Waals surface area contributed by atoms with E-state index >= 15 is 0 Å². The number of benzene rings is 2. The van der Waals surface area contributed by atoms with Gasteiger partial charge in [0.2, 0.25) is 0 Å². The Morgan fingerprint density at radius 2 is 1.63 bits per heavy atom. The van der Waals surface area contributed by atoms with Crippen molar-refractivity contribution in [1.29, 1.82) is 0 Å². The average Bonchev–Trinajstić information content (AvgIpc) is 2.72. The summed E-state index contributed by atoms with van der Waals surface area (Å²) in [5, 5.41) is 0. The Hall–Kier alpha value is -2.88. The number of nitrogens with zero attached hydrogens (tertiary/aromatic N) is 1. The van der Waals surface area contributed by atoms with E-state index in [1.807, 2.05) is 79.4 Å². The lowest BCUT2D eigenvalue weighted by Gasteiger charge is -2.36. The second-order valence-corrected chi connectivity index (χ2v) is 6.40. The molecule has 0 saturated carbocycles. The number of rotatable bonds is 8. The lowest BCUT2D eigenvalue weighted by atomic mass is 9.99. The van der Waals surface area contributed by atoms with E-state index in [0.717, 1.165) is 5.56 Å². The van der Waals surface area contributed by atoms with Crippen LogP contribution in [0.25, 0.3) is 0 Å². The molecule has 2 aromatic carbocycles. The Morgan fingerprint density at radius 1 is 1.04 bits per heavy atom. The van der Waals surface area contributed by atoms with Crippen molar-refractivity contribution in [2.75, 3.05) is 7.11 Å². The zero-order valence-corrected chi connectivity index (χ0v) is 16.2. The van der Waals surface area contributed by atoms with Crippen LogP contribution < -0.4 is 0 Å². The molecule has 1 amide bonds. The molecule has 0 bridgehead atoms. The van der Waals surface area contributed by atoms with E-state index in [1.54, 1.807) is 12.1 Å². The highest BCUT2D eigenvalue weighted by Gasteiger charge is 2.31. The second-order valence-electron chi connectivity index (χ2n) is 6.40. The Balaban J connectivity index is 2.45. The van der Waals surface area contributed by atoms with E-state index in [0.29, 0.717) is 12.0 Å². The number of carbonyl (C=O) groups excluding carboxylic acids is 2. The third-order valence-corrected chi connectivity index (χ3v) is 4.62. The molecule has 4 nitrogen and oxygen atoms in total. The van der Waals surface area contributed by atoms with Crippen LogP contribution >= 0.6 is 0 Å². The first kappa shape index (κ1) is 20.4. The van der Waals surface area contributed by atoms with Gasteiger partial charge in [-0.2, -0.15) is 0 Å². The van der Waals surface area contributed by atoms with Gasteiger partial charge in [-0.05, 0) is 38.0 Å². The monoisotopic (exact) mass is 365 g/mol. The molecule has 0 fully saturated rings. The van der Waals surface area contributed by atoms with Crippen molar-refractivity contribution in [2.24, 2.45) is 0 Å². The molecule has 0 aromatic heterocycles. The molecular formula is C23H27NO3. The largest absolute Gasteiger partial charge is 0.469 e. The number of methoxy groups -OCH3 is 1. The molecule has 2 aromatic rings. The first-order valence-corrected chi connectivity index (χ1v) is 9.19. The standard InChI is InChI=1S/C23H27NO3/c1-4-5-16-21(17-22(25)27-3)24(18(2)19-12-8-6-9-13-19)23(26)20-14-10-7-11-15-20/h4-15,18,21H,16-17H2,1-3H3/b5-4+/t18-,21-/m1/s1. The number of ether oxygens (including phenoxy) is 1. The van der Waals surface area contributed by atoms with Crippen molar-refractivity contribution in [1.82, 2.24) is 4.90 Å². The Labute approximate surface area is 161 Å². The van der Waals surface area contributed by atoms with Crippen molar-refractivity contribution >= 4 is 11.9 Å². The summed E-state index contributed by atoms with van der Waals surface area (Å²) in [6.45, 7) is 3.93. The predicted octanol–water partition coefficient (Wildman–Crippen LogP) is 4.79. The van der Waals surface area contributed by atoms with Gasteiger partial charge in [0, 0.05) is 11.6 Å². The molecule has 0 saturated heterocycles. The summed E-state index contributed by atoms with van der Waals surface area (Å²) in [6, 6.07) is 18.6. The van der Waals surface area contributed by atoms with Crippen molar-refractivity contribution in [2.45, 2.75) is 38.8 Å². The maximum atomic E-state index is 13.4. The number of hydrogen-bond donors (Lipinski definition) is 0. The van der Waals surface area contributed by atoms with E-state index < -0.39 is 0 Å². The highest BCUT2D eigenvalue weighted by Crippen LogP contribution is 2.28. The maximum Gasteiger partial charge on any atom is 0.307 e. The minimum Gasteiger partial charge on any atom is -0.469 e. The molecule has 0 heterocycles. The van der Waals surface area contributed by atoms with E-state index in [9.17, 15) is 9.59 Å². The van der Waals surface area contributed by atoms with Crippen LogP contribution in [0.15, 0.2) is 72.8 Å². The van der Waals surface area contributed by atoms with Crippen LogP contribution in [0.2, 0.25) is 0 Å². The fourth-order valence-corrected chi connectivity index (χ4v) is 3.14. The molecule has 4 heteroatoms. The molecule has 0 aliphatic heterocycles. The van der Waals surface area contributed by atoms with Crippen molar-refractivity contribution in [3.05, 3.63) is 83.9 Å². The first-order chi connectivity index (χ1) is 13.1. The van der Waals surface area contributed by atoms with Crippen LogP contribution in [0.3, 0.4) is 0 Å². The summed E-state index contributed by atoms with van der Waals surface area (Å²) in [4.78, 5) is 27.2. The first-order valence-electron chi connectivity index (χ1n) is 9.19. The summed E-state index contributed by atoms with van der Waals surface area (Å²) >= 11 is 0. The second kappa shape index (κ2) is 10.3. The molecule has 0 spiro atoms. The highest BCUT2D eigenvalue weighted by atomic mass is 16.5. The summed E-state index contributed by atoms with van der Waals surface area (Å²) in [7, 11) is 1.37. The van der Waals surface area contributed by atoms with Crippen LogP contribution in [0.1, 0.15) is 48.7 Å². The third-order valence-electron chi connectivity index (χ3n) is 4.62. The summed E-state index contributed by atoms with van der Waals surface area (Å²) < 4.78 is 4.88. The van der Waals surface area contributed by atoms with Gasteiger partial charge in [-0.25, -0.2) is 0 Å². The zero-order valence-electron chi connectivity index (χ0n) is 16.2. The van der Waals surface area contributed by atoms with Gasteiger partial charge in [0.05, 0.1) is 19.6 Å². The van der Waals surface area contributed by atoms with Crippen LogP contribution in [-0.4, -0.2) is 29.9 Å². The normalized spacial score (nSPS) is 13.1. The van der Waals surface area contributed by atoms with Gasteiger partial charge < -0.3 is 9.64 Å². The lowest BCUT2D eigenvalue weighted by Crippen LogP contribution is -2.43. The summed E-state index contributed by atoms with van der Waals surface area (Å²) in [5.74, 6) is -0.416. The fraction of sp³-hybridized carbons (Fsp3) is 0.304. The molecule has 0 N–H and O–H groups in total. The predicted molar refractivity (Wildman–Crippen MR) is 107 cm³/mol. The van der Waals surface area contributed by atoms with Crippen molar-refractivity contribution < 1.29 is 14.3 Å². The van der Waals surface area contributed by atoms with E-state index in [4.69, 9.17) is 4.74 Å². The van der Waals surface area contributed by atoms with Crippen molar-refractivity contribution in [3.63, 3.8) is 0 Å². The van der Waals surface area contributed by atoms with Gasteiger partial charge in [0.1, 0.15) is 0 Å². The minimum atomic E-state index is -0.323. The molecule has 2 rings (SSSR count). The van der Waals surface area contributed by atoms with Crippen LogP contribution in [0, 0.1) is 0 Å². The van der Waals surface area contributed by atoms with Gasteiger partial charge in [0.25, 0.3) is 5.91 Å². The molecule has 27 heavy (non-hydrogen) atoms. The SMILES string of the molecule is C/C=C/C[C@H](CC(=O)OC)N(C(=O)c1ccccc1)[C@H](C)c1ccccc1. The smallest absolute Gasteiger partial charge is 0.307 e. The third kappa shape index (κ3) is 5.55. The molecule has 0 radical (unpaired) electrons. The van der Waals surface area contributed by atoms with E-state index in [1.165, 1.54) is 7.11 Å². The van der Waals surface area contributed by atoms with Crippen LogP contribution in [0.5, 0.6) is 0 Å². The van der Waals surface area contributed by atoms with Gasteiger partial charge in [0.15, 0.2) is 0 Å². The number of allylic oxidation sites excluding steroid dienone is 1. The zero-order chi connectivity index (χ0) is 19.6. The number of hydrogen-bond acceptors (Lipinski definition) is 3. The van der Waals surface area contributed by atoms with Crippen LogP contribution in [0.4, 0.5) is 0 Å². The number of carbonyl (C=O) groups is 2. The lowest BCUT2D eigenvalue weighted by molar-refractivity contribution is -0.141. The Morgan fingerprint density at radius 3 is 2.19 bits per heavy atom. The molecule has 0 aliphatic rings. The number of esters is 1. The van der Waals surface area contributed by atoms with Crippen LogP contribution in [-0.2, 0) is 9.53 Å². The fourth-order valence-electron chi connectivity index (χ4n) is 3.14. The quantitative estimate of drug-likeness (QED) is 0.499. The van der Waals surface area contributed by atoms with Gasteiger partial charge in [-0.1, -0.05) is 60.7 Å². The van der Waals surface area contributed by atoms with Gasteiger partial charge >= 0.3 is 5.97 Å². The summed E-state index contributed by atoms with van der Waals surface area (Å²) in [5.41, 5.74) is 1.63. The van der Waals surface area contributed by atoms with Gasteiger partial charge in [-0.15, -0.1) is 0 Å². The Bertz CT molecular complexity index is 756. The van der Waals surface area contributed by atoms with E-state index in [-0.39, 0.29) is 30.4 Å². The molecule has 2 atom stereocenters. The molecule has 142 valence electrons. The van der Waals surface area contributed by atoms with Gasteiger partial charge in [-0.3, -0.25) is 9.59 Å². The van der Waals surface area contributed by atoms with E-state index in [2.05, 4.69) is 0 Å². The Kier molecular flexibility index (Phi) is 7.80. The average molecular weight is 365 g/mol. The highest BCUT2D eigenvalue weighted by molar-refractivity contribution is 5.95. The van der Waals surface area contributed by atoms with Crippen molar-refractivity contribution in [3.8, 4) is 0 Å². The molecular weight excluding hydrogens is 338 g/mol. The molecule has 0 aliphatic carbocycles. The number of amides is 1.